The summed E-state index contributed by atoms with van der Waals surface area (Å²) in [6.45, 7) is 5.72. The van der Waals surface area contributed by atoms with Crippen molar-refractivity contribution in [1.29, 1.82) is 0 Å². The standard InChI is InChI=1S/C18H22N6O.2ClH/c1-10(2)15(17-20-13-5-3-4-6-14(13)21-17)22-18(25)16-11-9-19-8-7-12(11)23-24-16;;/h3-6,10,15,19H,7-9H2,1-2H3,(H,20,21)(H,22,25)(H,23,24);2*1H. The number of hydrogen-bond acceptors (Lipinski definition) is 4. The largest absolute Gasteiger partial charge is 0.340 e. The molecule has 4 N–H and O–H groups in total. The molecule has 0 aliphatic carbocycles. The molecule has 1 unspecified atom stereocenters. The van der Waals surface area contributed by atoms with E-state index >= 15 is 0 Å². The molecule has 4 rings (SSSR count). The van der Waals surface area contributed by atoms with Gasteiger partial charge in [0.1, 0.15) is 5.82 Å². The summed E-state index contributed by atoms with van der Waals surface area (Å²) >= 11 is 0. The van der Waals surface area contributed by atoms with Crippen molar-refractivity contribution in [1.82, 2.24) is 30.8 Å². The predicted molar refractivity (Wildman–Crippen MR) is 110 cm³/mol. The number of carbonyl (C=O) groups is 1. The van der Waals surface area contributed by atoms with Crippen molar-refractivity contribution in [2.75, 3.05) is 6.54 Å². The second-order valence-electron chi connectivity index (χ2n) is 6.79. The number of rotatable bonds is 4. The maximum absolute atomic E-state index is 12.8. The van der Waals surface area contributed by atoms with E-state index in [-0.39, 0.29) is 42.7 Å². The molecular weight excluding hydrogens is 387 g/mol. The Morgan fingerprint density at radius 1 is 1.22 bits per heavy atom. The number of imidazole rings is 1. The summed E-state index contributed by atoms with van der Waals surface area (Å²) in [6.07, 6.45) is 0.868. The van der Waals surface area contributed by atoms with Crippen LogP contribution in [0.15, 0.2) is 24.3 Å². The van der Waals surface area contributed by atoms with Crippen molar-refractivity contribution in [3.63, 3.8) is 0 Å². The molecule has 3 aromatic rings. The number of fused-ring (bicyclic) bond motifs is 2. The van der Waals surface area contributed by atoms with Crippen molar-refractivity contribution >= 4 is 41.8 Å². The Bertz CT molecular complexity index is 887. The summed E-state index contributed by atoms with van der Waals surface area (Å²) in [5.41, 5.74) is 4.37. The highest BCUT2D eigenvalue weighted by Gasteiger charge is 2.26. The molecule has 27 heavy (non-hydrogen) atoms. The van der Waals surface area contributed by atoms with E-state index in [1.165, 1.54) is 0 Å². The minimum absolute atomic E-state index is 0. The quantitative estimate of drug-likeness (QED) is 0.531. The first kappa shape index (κ1) is 21.2. The smallest absolute Gasteiger partial charge is 0.272 e. The Morgan fingerprint density at radius 2 is 2.00 bits per heavy atom. The topological polar surface area (TPSA) is 98.5 Å². The Labute approximate surface area is 169 Å². The van der Waals surface area contributed by atoms with Gasteiger partial charge in [-0.1, -0.05) is 26.0 Å². The summed E-state index contributed by atoms with van der Waals surface area (Å²) in [7, 11) is 0. The van der Waals surface area contributed by atoms with Gasteiger partial charge in [0, 0.05) is 30.8 Å². The Morgan fingerprint density at radius 3 is 2.74 bits per heavy atom. The van der Waals surface area contributed by atoms with Gasteiger partial charge in [0.05, 0.1) is 17.1 Å². The zero-order chi connectivity index (χ0) is 17.4. The van der Waals surface area contributed by atoms with Crippen molar-refractivity contribution in [2.24, 2.45) is 5.92 Å². The zero-order valence-corrected chi connectivity index (χ0v) is 16.8. The second-order valence-corrected chi connectivity index (χ2v) is 6.79. The van der Waals surface area contributed by atoms with Gasteiger partial charge >= 0.3 is 0 Å². The Kier molecular flexibility index (Phi) is 6.86. The molecule has 0 saturated heterocycles. The number of benzene rings is 1. The molecule has 0 bridgehead atoms. The fraction of sp³-hybridized carbons (Fsp3) is 0.389. The fourth-order valence-electron chi connectivity index (χ4n) is 3.29. The highest BCUT2D eigenvalue weighted by molar-refractivity contribution is 5.94. The molecule has 2 aromatic heterocycles. The predicted octanol–water partition coefficient (Wildman–Crippen LogP) is 2.90. The molecule has 1 aromatic carbocycles. The average Bonchev–Trinajstić information content (AvgIpc) is 3.23. The third kappa shape index (κ3) is 4.10. The van der Waals surface area contributed by atoms with Crippen LogP contribution in [0.2, 0.25) is 0 Å². The Hall–Kier alpha value is -2.09. The van der Waals surface area contributed by atoms with Gasteiger partial charge in [0.15, 0.2) is 5.69 Å². The van der Waals surface area contributed by atoms with E-state index in [4.69, 9.17) is 0 Å². The SMILES string of the molecule is CC(C)C(NC(=O)c1n[nH]c2c1CNCC2)c1nc2ccccc2[nH]1.Cl.Cl. The molecule has 3 heterocycles. The van der Waals surface area contributed by atoms with Gasteiger partial charge in [0.25, 0.3) is 5.91 Å². The molecule has 0 fully saturated rings. The van der Waals surface area contributed by atoms with Gasteiger partial charge in [-0.3, -0.25) is 9.89 Å². The third-order valence-corrected chi connectivity index (χ3v) is 4.68. The highest BCUT2D eigenvalue weighted by Crippen LogP contribution is 2.23. The number of aromatic nitrogens is 4. The first-order chi connectivity index (χ1) is 12.1. The first-order valence-corrected chi connectivity index (χ1v) is 8.66. The van der Waals surface area contributed by atoms with Crippen molar-refractivity contribution in [3.8, 4) is 0 Å². The van der Waals surface area contributed by atoms with Crippen LogP contribution in [0, 0.1) is 5.92 Å². The summed E-state index contributed by atoms with van der Waals surface area (Å²) in [5.74, 6) is 0.796. The van der Waals surface area contributed by atoms with Crippen LogP contribution in [0.3, 0.4) is 0 Å². The van der Waals surface area contributed by atoms with Crippen molar-refractivity contribution in [3.05, 3.63) is 47.0 Å². The normalized spacial score (nSPS) is 14.2. The molecule has 1 aliphatic heterocycles. The van der Waals surface area contributed by atoms with Crippen LogP contribution in [-0.4, -0.2) is 32.6 Å². The average molecular weight is 411 g/mol. The van der Waals surface area contributed by atoms with Crippen LogP contribution in [0.25, 0.3) is 11.0 Å². The van der Waals surface area contributed by atoms with Gasteiger partial charge in [-0.05, 0) is 18.1 Å². The van der Waals surface area contributed by atoms with Gasteiger partial charge in [-0.2, -0.15) is 5.10 Å². The molecule has 9 heteroatoms. The van der Waals surface area contributed by atoms with E-state index in [2.05, 4.69) is 44.6 Å². The summed E-state index contributed by atoms with van der Waals surface area (Å²) in [4.78, 5) is 20.8. The lowest BCUT2D eigenvalue weighted by atomic mass is 10.0. The number of hydrogen-bond donors (Lipinski definition) is 4. The lowest BCUT2D eigenvalue weighted by Crippen LogP contribution is -2.34. The lowest BCUT2D eigenvalue weighted by Gasteiger charge is -2.20. The number of para-hydroxylation sites is 2. The minimum Gasteiger partial charge on any atom is -0.340 e. The molecule has 146 valence electrons. The fourth-order valence-corrected chi connectivity index (χ4v) is 3.29. The number of nitrogens with zero attached hydrogens (tertiary/aromatic N) is 2. The van der Waals surface area contributed by atoms with Gasteiger partial charge in [-0.15, -0.1) is 24.8 Å². The van der Waals surface area contributed by atoms with E-state index in [0.29, 0.717) is 12.2 Å². The zero-order valence-electron chi connectivity index (χ0n) is 15.2. The van der Waals surface area contributed by atoms with Gasteiger partial charge in [0.2, 0.25) is 0 Å². The number of halogens is 2. The van der Waals surface area contributed by atoms with Crippen LogP contribution < -0.4 is 10.6 Å². The van der Waals surface area contributed by atoms with E-state index in [1.807, 2.05) is 24.3 Å². The van der Waals surface area contributed by atoms with Crippen LogP contribution in [0.1, 0.15) is 47.5 Å². The molecule has 7 nitrogen and oxygen atoms in total. The summed E-state index contributed by atoms with van der Waals surface area (Å²) in [5, 5.41) is 13.6. The number of amides is 1. The number of H-pyrrole nitrogens is 2. The molecule has 0 spiro atoms. The summed E-state index contributed by atoms with van der Waals surface area (Å²) in [6, 6.07) is 7.67. The van der Waals surface area contributed by atoms with Crippen LogP contribution >= 0.6 is 24.8 Å². The number of nitrogens with one attached hydrogen (secondary N) is 4. The van der Waals surface area contributed by atoms with Crippen LogP contribution in [0.4, 0.5) is 0 Å². The van der Waals surface area contributed by atoms with Crippen LogP contribution in [0.5, 0.6) is 0 Å². The van der Waals surface area contributed by atoms with Gasteiger partial charge < -0.3 is 15.6 Å². The first-order valence-electron chi connectivity index (χ1n) is 8.66. The summed E-state index contributed by atoms with van der Waals surface area (Å²) < 4.78 is 0. The lowest BCUT2D eigenvalue weighted by molar-refractivity contribution is 0.0917. The molecule has 1 atom stereocenters. The monoisotopic (exact) mass is 410 g/mol. The maximum atomic E-state index is 12.8. The number of aromatic amines is 2. The van der Waals surface area contributed by atoms with Crippen molar-refractivity contribution < 1.29 is 4.79 Å². The van der Waals surface area contributed by atoms with E-state index in [9.17, 15) is 4.79 Å². The molecule has 1 aliphatic rings. The molecule has 0 radical (unpaired) electrons. The van der Waals surface area contributed by atoms with Crippen LogP contribution in [-0.2, 0) is 13.0 Å². The maximum Gasteiger partial charge on any atom is 0.272 e. The van der Waals surface area contributed by atoms with E-state index in [0.717, 1.165) is 41.1 Å². The molecule has 0 saturated carbocycles. The van der Waals surface area contributed by atoms with Gasteiger partial charge in [-0.25, -0.2) is 4.98 Å². The third-order valence-electron chi connectivity index (χ3n) is 4.68. The second kappa shape index (κ2) is 8.73. The van der Waals surface area contributed by atoms with Crippen molar-refractivity contribution in [2.45, 2.75) is 32.9 Å². The number of carbonyl (C=O) groups excluding carboxylic acids is 1. The molecular formula is C18H24Cl2N6O. The molecule has 1 amide bonds. The highest BCUT2D eigenvalue weighted by atomic mass is 35.5. The van der Waals surface area contributed by atoms with E-state index in [1.54, 1.807) is 0 Å². The van der Waals surface area contributed by atoms with E-state index < -0.39 is 0 Å². The minimum atomic E-state index is -0.205. The Balaban J connectivity index is 0.00000131.